The Balaban J connectivity index is 1.40. The summed E-state index contributed by atoms with van der Waals surface area (Å²) >= 11 is 0. The number of benzene rings is 2. The number of unbranched alkanes of at least 4 members (excludes halogenated alkanes) is 2. The van der Waals surface area contributed by atoms with Crippen molar-refractivity contribution in [2.45, 2.75) is 64.6 Å². The Labute approximate surface area is 220 Å². The Morgan fingerprint density at radius 1 is 1.03 bits per heavy atom. The maximum atomic E-state index is 13.1. The maximum Gasteiger partial charge on any atom is 0.420 e. The topological polar surface area (TPSA) is 123 Å². The second-order valence-corrected chi connectivity index (χ2v) is 9.29. The minimum absolute atomic E-state index is 0.217. The number of aromatic nitrogens is 2. The van der Waals surface area contributed by atoms with E-state index in [4.69, 9.17) is 4.42 Å². The van der Waals surface area contributed by atoms with Crippen LogP contribution in [-0.2, 0) is 27.5 Å². The van der Waals surface area contributed by atoms with Crippen molar-refractivity contribution in [2.75, 3.05) is 0 Å². The van der Waals surface area contributed by atoms with Crippen LogP contribution in [0.25, 0.3) is 22.0 Å². The molecule has 1 atom stereocenters. The molecule has 0 saturated carbocycles. The summed E-state index contributed by atoms with van der Waals surface area (Å²) in [5, 5.41) is 6.67. The van der Waals surface area contributed by atoms with Crippen LogP contribution in [0.3, 0.4) is 0 Å². The molecule has 2 heterocycles. The molecule has 38 heavy (non-hydrogen) atoms. The van der Waals surface area contributed by atoms with Crippen LogP contribution in [0, 0.1) is 0 Å². The van der Waals surface area contributed by atoms with E-state index in [1.54, 1.807) is 30.5 Å². The fraction of sp³-hybridized carbons (Fsp3) is 0.345. The highest BCUT2D eigenvalue weighted by Crippen LogP contribution is 2.14. The van der Waals surface area contributed by atoms with Crippen LogP contribution in [0.1, 0.15) is 51.0 Å². The first-order valence-electron chi connectivity index (χ1n) is 13.0. The van der Waals surface area contributed by atoms with Crippen LogP contribution in [-0.4, -0.2) is 33.2 Å². The van der Waals surface area contributed by atoms with Gasteiger partial charge in [-0.25, -0.2) is 4.79 Å². The molecule has 2 amide bonds. The summed E-state index contributed by atoms with van der Waals surface area (Å²) < 4.78 is 6.45. The zero-order valence-corrected chi connectivity index (χ0v) is 21.4. The Bertz CT molecular complexity index is 1490. The highest BCUT2D eigenvalue weighted by atomic mass is 16.4. The van der Waals surface area contributed by atoms with Gasteiger partial charge >= 0.3 is 5.76 Å². The van der Waals surface area contributed by atoms with E-state index in [1.807, 2.05) is 37.3 Å². The van der Waals surface area contributed by atoms with Gasteiger partial charge in [0.25, 0.3) is 0 Å². The second kappa shape index (κ2) is 12.8. The lowest BCUT2D eigenvalue weighted by molar-refractivity contribution is -0.129. The molecule has 4 rings (SSSR count). The summed E-state index contributed by atoms with van der Waals surface area (Å²) in [6, 6.07) is 15.8. The fourth-order valence-corrected chi connectivity index (χ4v) is 4.37. The highest BCUT2D eigenvalue weighted by Gasteiger charge is 2.22. The zero-order valence-electron chi connectivity index (χ0n) is 21.4. The van der Waals surface area contributed by atoms with Gasteiger partial charge in [0.2, 0.25) is 11.8 Å². The Kier molecular flexibility index (Phi) is 9.02. The first kappa shape index (κ1) is 26.8. The maximum absolute atomic E-state index is 13.1. The molecule has 0 fully saturated rings. The lowest BCUT2D eigenvalue weighted by atomic mass is 10.0. The number of para-hydroxylation sites is 3. The van der Waals surface area contributed by atoms with Crippen molar-refractivity contribution >= 4 is 39.6 Å². The molecule has 4 aromatic rings. The van der Waals surface area contributed by atoms with E-state index in [0.717, 1.165) is 29.3 Å². The molecule has 0 aliphatic rings. The third-order valence-corrected chi connectivity index (χ3v) is 6.48. The number of pyridine rings is 1. The number of Topliss-reactive ketones (excluding diaryl/α,β-unsaturated/α-hetero) is 1. The molecule has 2 aromatic carbocycles. The molecular weight excluding hydrogens is 484 g/mol. The van der Waals surface area contributed by atoms with Crippen LogP contribution in [0.5, 0.6) is 0 Å². The summed E-state index contributed by atoms with van der Waals surface area (Å²) in [4.78, 5) is 54.3. The molecular formula is C29H32N4O5. The number of fused-ring (bicyclic) bond motifs is 2. The van der Waals surface area contributed by atoms with Crippen LogP contribution < -0.4 is 16.4 Å². The van der Waals surface area contributed by atoms with Gasteiger partial charge in [-0.15, -0.1) is 0 Å². The number of nitrogens with zero attached hydrogens (tertiary/aromatic N) is 2. The molecule has 2 N–H and O–H groups in total. The van der Waals surface area contributed by atoms with Crippen molar-refractivity contribution in [3.63, 3.8) is 0 Å². The van der Waals surface area contributed by atoms with Crippen molar-refractivity contribution in [3.05, 3.63) is 76.9 Å². The number of ketones is 1. The number of carbonyl (C=O) groups is 3. The van der Waals surface area contributed by atoms with Gasteiger partial charge in [0.05, 0.1) is 11.0 Å². The van der Waals surface area contributed by atoms with E-state index in [1.165, 1.54) is 4.57 Å². The van der Waals surface area contributed by atoms with Crippen LogP contribution in [0.2, 0.25) is 0 Å². The molecule has 0 aliphatic carbocycles. The minimum atomic E-state index is -0.786. The van der Waals surface area contributed by atoms with Gasteiger partial charge in [0.15, 0.2) is 5.58 Å². The number of rotatable bonds is 13. The van der Waals surface area contributed by atoms with Crippen molar-refractivity contribution in [2.24, 2.45) is 0 Å². The average molecular weight is 517 g/mol. The summed E-state index contributed by atoms with van der Waals surface area (Å²) in [7, 11) is 0. The number of amides is 2. The molecule has 9 heteroatoms. The van der Waals surface area contributed by atoms with Crippen LogP contribution in [0.4, 0.5) is 0 Å². The molecule has 2 aromatic heterocycles. The molecule has 0 unspecified atom stereocenters. The van der Waals surface area contributed by atoms with Gasteiger partial charge in [-0.2, -0.15) is 0 Å². The SMILES string of the molecule is CCC(=O)CCCCC[C@H](NC(=O)Cn1c(=O)oc2ccccc21)C(=O)NCc1cnc2ccccc2c1. The van der Waals surface area contributed by atoms with E-state index in [9.17, 15) is 19.2 Å². The summed E-state index contributed by atoms with van der Waals surface area (Å²) in [5.41, 5.74) is 2.62. The van der Waals surface area contributed by atoms with E-state index >= 15 is 0 Å². The number of oxazole rings is 1. The predicted octanol–water partition coefficient (Wildman–Crippen LogP) is 3.87. The minimum Gasteiger partial charge on any atom is -0.408 e. The smallest absolute Gasteiger partial charge is 0.408 e. The quantitative estimate of drug-likeness (QED) is 0.260. The van der Waals surface area contributed by atoms with Crippen LogP contribution >= 0.6 is 0 Å². The van der Waals surface area contributed by atoms with Gasteiger partial charge in [-0.3, -0.25) is 23.9 Å². The van der Waals surface area contributed by atoms with Gasteiger partial charge in [-0.05, 0) is 42.7 Å². The second-order valence-electron chi connectivity index (χ2n) is 9.29. The Hall–Kier alpha value is -4.27. The normalized spacial score (nSPS) is 11.9. The first-order chi connectivity index (χ1) is 18.4. The van der Waals surface area contributed by atoms with Crippen molar-refractivity contribution in [1.82, 2.24) is 20.2 Å². The zero-order chi connectivity index (χ0) is 26.9. The summed E-state index contributed by atoms with van der Waals surface area (Å²) in [6.45, 7) is 1.84. The van der Waals surface area contributed by atoms with Gasteiger partial charge in [-0.1, -0.05) is 50.1 Å². The number of hydrogen-bond acceptors (Lipinski definition) is 6. The van der Waals surface area contributed by atoms with Crippen molar-refractivity contribution in [1.29, 1.82) is 0 Å². The molecule has 9 nitrogen and oxygen atoms in total. The lowest BCUT2D eigenvalue weighted by Gasteiger charge is -2.19. The Morgan fingerprint density at radius 3 is 2.66 bits per heavy atom. The number of carbonyl (C=O) groups excluding carboxylic acids is 3. The molecule has 198 valence electrons. The van der Waals surface area contributed by atoms with E-state index in [-0.39, 0.29) is 24.8 Å². The van der Waals surface area contributed by atoms with Crippen LogP contribution in [0.15, 0.2) is 70.0 Å². The summed E-state index contributed by atoms with van der Waals surface area (Å²) in [6.07, 6.45) is 5.35. The predicted molar refractivity (Wildman–Crippen MR) is 144 cm³/mol. The van der Waals surface area contributed by atoms with Gasteiger partial charge in [0.1, 0.15) is 18.4 Å². The lowest BCUT2D eigenvalue weighted by Crippen LogP contribution is -2.47. The monoisotopic (exact) mass is 516 g/mol. The van der Waals surface area contributed by atoms with Crippen molar-refractivity contribution < 1.29 is 18.8 Å². The molecule has 0 spiro atoms. The number of nitrogens with one attached hydrogen (secondary N) is 2. The highest BCUT2D eigenvalue weighted by molar-refractivity contribution is 5.88. The van der Waals surface area contributed by atoms with Gasteiger partial charge < -0.3 is 15.1 Å². The third kappa shape index (κ3) is 6.94. The summed E-state index contributed by atoms with van der Waals surface area (Å²) in [5.74, 6) is -1.20. The average Bonchev–Trinajstić information content (AvgIpc) is 3.25. The van der Waals surface area contributed by atoms with E-state index < -0.39 is 17.7 Å². The van der Waals surface area contributed by atoms with Crippen molar-refractivity contribution in [3.8, 4) is 0 Å². The molecule has 0 bridgehead atoms. The molecule has 0 radical (unpaired) electrons. The molecule has 0 saturated heterocycles. The Morgan fingerprint density at radius 2 is 1.82 bits per heavy atom. The largest absolute Gasteiger partial charge is 0.420 e. The van der Waals surface area contributed by atoms with E-state index in [0.29, 0.717) is 36.8 Å². The van der Waals surface area contributed by atoms with Gasteiger partial charge in [0, 0.05) is 31.0 Å². The fourth-order valence-electron chi connectivity index (χ4n) is 4.37. The first-order valence-corrected chi connectivity index (χ1v) is 13.0. The standard InChI is InChI=1S/C29H32N4O5/c1-2-22(34)11-4-3-5-13-24(28(36)31-18-20-16-21-10-6-7-12-23(21)30-17-20)32-27(35)19-33-25-14-8-9-15-26(25)38-29(33)37/h6-10,12,14-17,24H,2-5,11,13,18-19H2,1H3,(H,31,36)(H,32,35)/t24-/m0/s1. The molecule has 0 aliphatic heterocycles. The third-order valence-electron chi connectivity index (χ3n) is 6.48. The number of hydrogen-bond donors (Lipinski definition) is 2. The van der Waals surface area contributed by atoms with E-state index in [2.05, 4.69) is 15.6 Å².